The van der Waals surface area contributed by atoms with Crippen LogP contribution in [0.25, 0.3) is 6.08 Å². The van der Waals surface area contributed by atoms with E-state index in [4.69, 9.17) is 0 Å². The van der Waals surface area contributed by atoms with Gasteiger partial charge in [-0.05, 0) is 48.4 Å². The molecule has 0 radical (unpaired) electrons. The van der Waals surface area contributed by atoms with E-state index in [9.17, 15) is 4.39 Å². The summed E-state index contributed by atoms with van der Waals surface area (Å²) in [6, 6.07) is 15.4. The Morgan fingerprint density at radius 1 is 1.00 bits per heavy atom. The molecule has 19 heavy (non-hydrogen) atoms. The molecular weight excluding hydrogens is 235 g/mol. The Morgan fingerprint density at radius 3 is 2.37 bits per heavy atom. The minimum atomic E-state index is -0.180. The first-order valence-electron chi connectivity index (χ1n) is 6.73. The smallest absolute Gasteiger partial charge is 0.123 e. The van der Waals surface area contributed by atoms with E-state index in [2.05, 4.69) is 43.3 Å². The zero-order valence-electron chi connectivity index (χ0n) is 11.0. The van der Waals surface area contributed by atoms with E-state index in [1.165, 1.54) is 29.7 Å². The fraction of sp³-hybridized carbons (Fsp3) is 0.222. The van der Waals surface area contributed by atoms with Crippen LogP contribution < -0.4 is 0 Å². The van der Waals surface area contributed by atoms with Gasteiger partial charge in [0, 0.05) is 0 Å². The van der Waals surface area contributed by atoms with Crippen LogP contribution in [0.2, 0.25) is 0 Å². The molecular formula is C18H17F. The summed E-state index contributed by atoms with van der Waals surface area (Å²) in [5.74, 6) is 1.12. The van der Waals surface area contributed by atoms with Crippen LogP contribution in [0.15, 0.2) is 54.6 Å². The topological polar surface area (TPSA) is 0 Å². The summed E-state index contributed by atoms with van der Waals surface area (Å²) in [5.41, 5.74) is 3.80. The van der Waals surface area contributed by atoms with Crippen LogP contribution in [0.5, 0.6) is 0 Å². The highest BCUT2D eigenvalue weighted by Crippen LogP contribution is 2.48. The van der Waals surface area contributed by atoms with E-state index >= 15 is 0 Å². The Hall–Kier alpha value is -1.89. The predicted octanol–water partition coefficient (Wildman–Crippen LogP) is 4.95. The van der Waals surface area contributed by atoms with Crippen molar-refractivity contribution in [1.82, 2.24) is 0 Å². The first-order chi connectivity index (χ1) is 9.22. The highest BCUT2D eigenvalue weighted by Gasteiger charge is 2.35. The molecule has 1 aliphatic rings. The predicted molar refractivity (Wildman–Crippen MR) is 77.5 cm³/mol. The van der Waals surface area contributed by atoms with Crippen molar-refractivity contribution in [2.45, 2.75) is 19.3 Å². The molecule has 0 bridgehead atoms. The van der Waals surface area contributed by atoms with Gasteiger partial charge in [-0.3, -0.25) is 0 Å². The largest absolute Gasteiger partial charge is 0.207 e. The highest BCUT2D eigenvalue weighted by atomic mass is 19.1. The van der Waals surface area contributed by atoms with Crippen molar-refractivity contribution in [1.29, 1.82) is 0 Å². The molecule has 1 saturated carbocycles. The van der Waals surface area contributed by atoms with E-state index < -0.39 is 0 Å². The molecule has 1 heteroatoms. The third-order valence-corrected chi connectivity index (χ3v) is 3.75. The summed E-state index contributed by atoms with van der Waals surface area (Å²) in [7, 11) is 0. The quantitative estimate of drug-likeness (QED) is 0.725. The lowest BCUT2D eigenvalue weighted by molar-refractivity contribution is 0.628. The van der Waals surface area contributed by atoms with Gasteiger partial charge >= 0.3 is 0 Å². The van der Waals surface area contributed by atoms with Crippen LogP contribution in [0.1, 0.15) is 29.0 Å². The summed E-state index contributed by atoms with van der Waals surface area (Å²) in [6.07, 6.45) is 5.57. The van der Waals surface area contributed by atoms with Gasteiger partial charge < -0.3 is 0 Å². The summed E-state index contributed by atoms with van der Waals surface area (Å²) < 4.78 is 12.8. The van der Waals surface area contributed by atoms with Crippen molar-refractivity contribution in [3.05, 3.63) is 77.1 Å². The lowest BCUT2D eigenvalue weighted by Crippen LogP contribution is -1.82. The SMILES string of the molecule is Cc1ccc([C@@H]2C[C@@H]2/C=C/c2ccc(F)cc2)cc1. The van der Waals surface area contributed by atoms with Crippen LogP contribution in [0.3, 0.4) is 0 Å². The third-order valence-electron chi connectivity index (χ3n) is 3.75. The third kappa shape index (κ3) is 2.93. The first-order valence-corrected chi connectivity index (χ1v) is 6.73. The van der Waals surface area contributed by atoms with Crippen LogP contribution in [-0.4, -0.2) is 0 Å². The lowest BCUT2D eigenvalue weighted by Gasteiger charge is -1.99. The monoisotopic (exact) mass is 252 g/mol. The van der Waals surface area contributed by atoms with Crippen molar-refractivity contribution in [3.8, 4) is 0 Å². The van der Waals surface area contributed by atoms with Gasteiger partial charge in [-0.25, -0.2) is 4.39 Å². The van der Waals surface area contributed by atoms with Gasteiger partial charge in [0.1, 0.15) is 5.82 Å². The maximum absolute atomic E-state index is 12.8. The molecule has 0 nitrogen and oxygen atoms in total. The first kappa shape index (κ1) is 12.2. The van der Waals surface area contributed by atoms with E-state index in [0.29, 0.717) is 11.8 Å². The molecule has 1 aliphatic carbocycles. The van der Waals surface area contributed by atoms with Crippen molar-refractivity contribution in [3.63, 3.8) is 0 Å². The normalized spacial score (nSPS) is 21.8. The van der Waals surface area contributed by atoms with Gasteiger partial charge in [-0.15, -0.1) is 0 Å². The minimum absolute atomic E-state index is 0.180. The number of hydrogen-bond donors (Lipinski definition) is 0. The van der Waals surface area contributed by atoms with Gasteiger partial charge in [-0.1, -0.05) is 54.1 Å². The molecule has 0 saturated heterocycles. The molecule has 0 unspecified atom stereocenters. The molecule has 0 N–H and O–H groups in total. The summed E-state index contributed by atoms with van der Waals surface area (Å²) in [6.45, 7) is 2.11. The number of allylic oxidation sites excluding steroid dienone is 1. The van der Waals surface area contributed by atoms with Crippen LogP contribution in [-0.2, 0) is 0 Å². The zero-order chi connectivity index (χ0) is 13.2. The van der Waals surface area contributed by atoms with Gasteiger partial charge in [0.15, 0.2) is 0 Å². The molecule has 96 valence electrons. The Balaban J connectivity index is 1.64. The van der Waals surface area contributed by atoms with E-state index in [-0.39, 0.29) is 5.82 Å². The van der Waals surface area contributed by atoms with Crippen molar-refractivity contribution >= 4 is 6.08 Å². The van der Waals surface area contributed by atoms with E-state index in [1.807, 2.05) is 12.1 Å². The van der Waals surface area contributed by atoms with Crippen LogP contribution in [0, 0.1) is 18.7 Å². The molecule has 0 aliphatic heterocycles. The second-order valence-corrected chi connectivity index (χ2v) is 5.33. The molecule has 1 fully saturated rings. The standard InChI is InChI=1S/C18H17F/c1-13-2-7-15(8-3-13)18-12-16(18)9-4-14-5-10-17(19)11-6-14/h2-11,16,18H,12H2,1H3/b9-4+/t16-,18-/m0/s1. The van der Waals surface area contributed by atoms with E-state index in [0.717, 1.165) is 5.56 Å². The van der Waals surface area contributed by atoms with Crippen molar-refractivity contribution in [2.75, 3.05) is 0 Å². The number of halogens is 1. The van der Waals surface area contributed by atoms with Crippen LogP contribution >= 0.6 is 0 Å². The Labute approximate surface area is 113 Å². The molecule has 2 aromatic rings. The molecule has 3 rings (SSSR count). The molecule has 0 amide bonds. The average molecular weight is 252 g/mol. The number of hydrogen-bond acceptors (Lipinski definition) is 0. The molecule has 2 aromatic carbocycles. The lowest BCUT2D eigenvalue weighted by atomic mass is 10.1. The number of aryl methyl sites for hydroxylation is 1. The fourth-order valence-corrected chi connectivity index (χ4v) is 2.43. The minimum Gasteiger partial charge on any atom is -0.207 e. The number of benzene rings is 2. The van der Waals surface area contributed by atoms with Gasteiger partial charge in [-0.2, -0.15) is 0 Å². The fourth-order valence-electron chi connectivity index (χ4n) is 2.43. The van der Waals surface area contributed by atoms with Gasteiger partial charge in [0.2, 0.25) is 0 Å². The summed E-state index contributed by atoms with van der Waals surface area (Å²) >= 11 is 0. The molecule has 2 atom stereocenters. The maximum Gasteiger partial charge on any atom is 0.123 e. The zero-order valence-corrected chi connectivity index (χ0v) is 11.0. The number of rotatable bonds is 3. The molecule has 0 spiro atoms. The Kier molecular flexibility index (Phi) is 3.20. The second kappa shape index (κ2) is 5.00. The van der Waals surface area contributed by atoms with Gasteiger partial charge in [0.05, 0.1) is 0 Å². The summed E-state index contributed by atoms with van der Waals surface area (Å²) in [5, 5.41) is 0. The van der Waals surface area contributed by atoms with E-state index in [1.54, 1.807) is 0 Å². The highest BCUT2D eigenvalue weighted by molar-refractivity contribution is 5.50. The molecule has 0 heterocycles. The summed E-state index contributed by atoms with van der Waals surface area (Å²) in [4.78, 5) is 0. The Morgan fingerprint density at radius 2 is 1.68 bits per heavy atom. The van der Waals surface area contributed by atoms with Crippen molar-refractivity contribution < 1.29 is 4.39 Å². The van der Waals surface area contributed by atoms with Gasteiger partial charge in [0.25, 0.3) is 0 Å². The van der Waals surface area contributed by atoms with Crippen molar-refractivity contribution in [2.24, 2.45) is 5.92 Å². The average Bonchev–Trinajstić information content (AvgIpc) is 3.19. The Bertz CT molecular complexity index is 578. The second-order valence-electron chi connectivity index (χ2n) is 5.33. The van der Waals surface area contributed by atoms with Crippen LogP contribution in [0.4, 0.5) is 4.39 Å². The molecule has 0 aromatic heterocycles. The maximum atomic E-state index is 12.8.